The fourth-order valence-corrected chi connectivity index (χ4v) is 6.45. The first-order valence-corrected chi connectivity index (χ1v) is 16.5. The Bertz CT molecular complexity index is 1110. The Morgan fingerprint density at radius 1 is 0.959 bits per heavy atom. The number of guanidine groups is 1. The summed E-state index contributed by atoms with van der Waals surface area (Å²) in [5, 5.41) is 79.6. The van der Waals surface area contributed by atoms with Gasteiger partial charge in [-0.3, -0.25) is 4.79 Å². The Labute approximate surface area is 283 Å². The molecule has 2 aliphatic heterocycles. The minimum Gasteiger partial charge on any atom is -0.394 e. The van der Waals surface area contributed by atoms with E-state index in [0.717, 1.165) is 0 Å². The second-order valence-corrected chi connectivity index (χ2v) is 13.4. The van der Waals surface area contributed by atoms with Crippen LogP contribution in [0.1, 0.15) is 32.1 Å². The van der Waals surface area contributed by atoms with Gasteiger partial charge in [0, 0.05) is 25.6 Å². The Kier molecular flexibility index (Phi) is 13.9. The molecule has 0 bridgehead atoms. The number of nitrogens with zero attached hydrogens (tertiary/aromatic N) is 1. The molecular formula is C28H55N9O12. The molecule has 2 heterocycles. The van der Waals surface area contributed by atoms with Crippen LogP contribution in [-0.2, 0) is 23.7 Å². The molecule has 4 unspecified atom stereocenters. The van der Waals surface area contributed by atoms with Gasteiger partial charge in [0.15, 0.2) is 24.1 Å². The van der Waals surface area contributed by atoms with E-state index in [4.69, 9.17) is 53.3 Å². The number of carbonyl (C=O) groups excluding carboxylic acids is 1. The minimum atomic E-state index is -1.95. The van der Waals surface area contributed by atoms with Gasteiger partial charge in [-0.15, -0.1) is 0 Å². The summed E-state index contributed by atoms with van der Waals surface area (Å²) in [5.74, 6) is -1.19. The van der Waals surface area contributed by atoms with Crippen LogP contribution < -0.4 is 45.0 Å². The predicted molar refractivity (Wildman–Crippen MR) is 170 cm³/mol. The van der Waals surface area contributed by atoms with Crippen molar-refractivity contribution in [3.05, 3.63) is 0 Å². The third-order valence-corrected chi connectivity index (χ3v) is 9.52. The number of amides is 1. The maximum atomic E-state index is 13.2. The largest absolute Gasteiger partial charge is 0.394 e. The van der Waals surface area contributed by atoms with Crippen molar-refractivity contribution in [3.63, 3.8) is 0 Å². The lowest BCUT2D eigenvalue weighted by atomic mass is 9.83. The number of hydrogen-bond acceptors (Lipinski definition) is 18. The molecule has 49 heavy (non-hydrogen) atoms. The molecule has 0 aromatic carbocycles. The van der Waals surface area contributed by atoms with Gasteiger partial charge in [-0.1, -0.05) is 0 Å². The molecule has 4 fully saturated rings. The lowest BCUT2D eigenvalue weighted by molar-refractivity contribution is -0.316. The number of ether oxygens (including phenoxy) is 4. The molecule has 17 atom stereocenters. The van der Waals surface area contributed by atoms with E-state index in [1.807, 2.05) is 0 Å². The van der Waals surface area contributed by atoms with E-state index in [1.165, 1.54) is 0 Å². The van der Waals surface area contributed by atoms with Crippen LogP contribution in [0.4, 0.5) is 0 Å². The van der Waals surface area contributed by atoms with Gasteiger partial charge in [-0.2, -0.15) is 0 Å². The van der Waals surface area contributed by atoms with Crippen molar-refractivity contribution in [3.8, 4) is 0 Å². The molecular weight excluding hydrogens is 654 g/mol. The molecule has 1 amide bonds. The highest BCUT2D eigenvalue weighted by Crippen LogP contribution is 2.40. The van der Waals surface area contributed by atoms with Crippen LogP contribution in [-0.4, -0.2) is 177 Å². The molecule has 0 aromatic rings. The lowest BCUT2D eigenvalue weighted by Gasteiger charge is -2.48. The number of aliphatic hydroxyl groups excluding tert-OH is 6. The van der Waals surface area contributed by atoms with Crippen LogP contribution in [0.3, 0.4) is 0 Å². The molecule has 4 aliphatic rings. The first-order chi connectivity index (χ1) is 23.1. The highest BCUT2D eigenvalue weighted by Gasteiger charge is 2.61. The molecule has 21 heteroatoms. The number of carbonyl (C=O) groups is 1. The molecule has 0 spiro atoms. The average molecular weight is 710 g/mol. The van der Waals surface area contributed by atoms with Gasteiger partial charge >= 0.3 is 0 Å². The van der Waals surface area contributed by atoms with E-state index in [-0.39, 0.29) is 38.3 Å². The van der Waals surface area contributed by atoms with Crippen molar-refractivity contribution in [2.24, 2.45) is 39.4 Å². The Morgan fingerprint density at radius 3 is 2.29 bits per heavy atom. The molecule has 21 nitrogen and oxygen atoms in total. The van der Waals surface area contributed by atoms with Gasteiger partial charge < -0.3 is 99.7 Å². The van der Waals surface area contributed by atoms with Crippen molar-refractivity contribution in [2.45, 2.75) is 135 Å². The topological polar surface area (TPSA) is 388 Å². The number of hydrogen-bond donors (Lipinski definition) is 15. The molecule has 21 N–H and O–H groups in total. The van der Waals surface area contributed by atoms with Crippen LogP contribution in [0.25, 0.3) is 0 Å². The van der Waals surface area contributed by atoms with Crippen molar-refractivity contribution in [1.82, 2.24) is 10.6 Å². The van der Waals surface area contributed by atoms with Crippen molar-refractivity contribution >= 4 is 11.9 Å². The SMILES string of the molecule is NCCCC(O)CNC[C@H]1O[C@H](OC2[C@@H](N)C[C@@H](NC(=O)C3(O)CC3N=C(N)N)[C@H](O[C@H]3O[C@H](CO)[C@@H](O)[C@H](N)[C@H]3O)[C@H]2O)[C@H](N)C[C@@H]1O. The normalized spacial score (nSPS) is 44.6. The van der Waals surface area contributed by atoms with E-state index in [0.29, 0.717) is 19.4 Å². The summed E-state index contributed by atoms with van der Waals surface area (Å²) in [6.45, 7) is 0.154. The summed E-state index contributed by atoms with van der Waals surface area (Å²) in [5.41, 5.74) is 33.0. The van der Waals surface area contributed by atoms with Crippen molar-refractivity contribution in [1.29, 1.82) is 0 Å². The van der Waals surface area contributed by atoms with Crippen LogP contribution in [0.5, 0.6) is 0 Å². The standard InChI is InChI=1S/C28H55N9O12/c29-3-1-2-10(39)7-35-8-15-14(40)5-12(31)24(46-15)48-22-11(30)4-13(36-26(44)28(45)6-17(28)37-27(33)34)23(21(22)43)49-25-20(42)18(32)19(41)16(9-38)47-25/h10-25,35,38-43,45H,1-9,29-32H2,(H,36,44)(H4,33,34,37)/t10?,11-,12+,13+,14-,15+,16+,17?,18-,19+,20+,21-,22?,23-,24+,25+,28?/m0/s1. The van der Waals surface area contributed by atoms with E-state index in [1.54, 1.807) is 0 Å². The fourth-order valence-electron chi connectivity index (χ4n) is 6.45. The summed E-state index contributed by atoms with van der Waals surface area (Å²) < 4.78 is 23.7. The maximum Gasteiger partial charge on any atom is 0.254 e. The summed E-state index contributed by atoms with van der Waals surface area (Å²) in [6, 6.07) is -5.15. The molecule has 0 aromatic heterocycles. The lowest BCUT2D eigenvalue weighted by Crippen LogP contribution is -2.69. The monoisotopic (exact) mass is 709 g/mol. The third kappa shape index (κ3) is 9.51. The zero-order valence-corrected chi connectivity index (χ0v) is 27.2. The Hall–Kier alpha value is -1.90. The predicted octanol–water partition coefficient (Wildman–Crippen LogP) is -8.63. The second-order valence-electron chi connectivity index (χ2n) is 13.4. The molecule has 2 saturated carbocycles. The summed E-state index contributed by atoms with van der Waals surface area (Å²) in [4.78, 5) is 17.0. The number of nitrogens with one attached hydrogen (secondary N) is 2. The Balaban J connectivity index is 1.49. The zero-order valence-electron chi connectivity index (χ0n) is 27.2. The fraction of sp³-hybridized carbons (Fsp3) is 0.929. The second kappa shape index (κ2) is 17.1. The minimum absolute atomic E-state index is 0.0732. The first-order valence-electron chi connectivity index (χ1n) is 16.5. The number of nitrogens with two attached hydrogens (primary N) is 6. The van der Waals surface area contributed by atoms with Gasteiger partial charge in [0.25, 0.3) is 5.91 Å². The average Bonchev–Trinajstić information content (AvgIpc) is 3.70. The first kappa shape index (κ1) is 39.9. The summed E-state index contributed by atoms with van der Waals surface area (Å²) >= 11 is 0. The third-order valence-electron chi connectivity index (χ3n) is 9.52. The molecule has 2 aliphatic carbocycles. The molecule has 0 radical (unpaired) electrons. The van der Waals surface area contributed by atoms with E-state index < -0.39 is 116 Å². The van der Waals surface area contributed by atoms with Crippen molar-refractivity contribution < 1.29 is 59.5 Å². The van der Waals surface area contributed by atoms with Gasteiger partial charge in [-0.05, 0) is 32.2 Å². The number of rotatable bonds is 15. The van der Waals surface area contributed by atoms with E-state index >= 15 is 0 Å². The Morgan fingerprint density at radius 2 is 1.63 bits per heavy atom. The van der Waals surface area contributed by atoms with Crippen LogP contribution in [0.15, 0.2) is 4.99 Å². The number of aliphatic imine (C=N–C) groups is 1. The van der Waals surface area contributed by atoms with Crippen LogP contribution in [0, 0.1) is 0 Å². The highest BCUT2D eigenvalue weighted by atomic mass is 16.7. The molecule has 2 saturated heterocycles. The quantitative estimate of drug-likeness (QED) is 0.0554. The summed E-state index contributed by atoms with van der Waals surface area (Å²) in [7, 11) is 0. The summed E-state index contributed by atoms with van der Waals surface area (Å²) in [6.07, 6.45) is -12.8. The van der Waals surface area contributed by atoms with E-state index in [2.05, 4.69) is 15.6 Å². The van der Waals surface area contributed by atoms with Gasteiger partial charge in [-0.25, -0.2) is 4.99 Å². The van der Waals surface area contributed by atoms with Gasteiger partial charge in [0.2, 0.25) is 0 Å². The zero-order chi connectivity index (χ0) is 36.2. The van der Waals surface area contributed by atoms with Gasteiger partial charge in [0.1, 0.15) is 36.6 Å². The van der Waals surface area contributed by atoms with E-state index in [9.17, 15) is 40.5 Å². The van der Waals surface area contributed by atoms with Crippen LogP contribution >= 0.6 is 0 Å². The van der Waals surface area contributed by atoms with Gasteiger partial charge in [0.05, 0.1) is 49.1 Å². The van der Waals surface area contributed by atoms with Crippen molar-refractivity contribution in [2.75, 3.05) is 26.2 Å². The van der Waals surface area contributed by atoms with Crippen LogP contribution in [0.2, 0.25) is 0 Å². The number of aliphatic hydroxyl groups is 7. The molecule has 284 valence electrons. The molecule has 4 rings (SSSR count). The smallest absolute Gasteiger partial charge is 0.254 e. The highest BCUT2D eigenvalue weighted by molar-refractivity contribution is 5.90. The maximum absolute atomic E-state index is 13.2.